The second-order valence-corrected chi connectivity index (χ2v) is 4.20. The van der Waals surface area contributed by atoms with Crippen LogP contribution in [0, 0.1) is 0 Å². The molecule has 5 N–H and O–H groups in total. The normalized spacial score (nSPS) is 22.9. The molecule has 2 heterocycles. The van der Waals surface area contributed by atoms with E-state index in [1.807, 2.05) is 4.90 Å². The minimum atomic E-state index is -0.472. The third-order valence-corrected chi connectivity index (χ3v) is 2.98. The first kappa shape index (κ1) is 12.4. The quantitative estimate of drug-likeness (QED) is 0.530. The average Bonchev–Trinajstić information content (AvgIpc) is 2.71. The second kappa shape index (κ2) is 5.09. The standard InChI is InChI=1S/C11H17N5O2/c1-13-11-8(12)2-3-9(15-11)16-5-7(18)4-10(16)14-6-17/h2-3,6-7,10,18H,4-5,12H2,1H3,(H,13,15)(H,14,17). The lowest BCUT2D eigenvalue weighted by Crippen LogP contribution is -2.41. The van der Waals surface area contributed by atoms with Gasteiger partial charge in [0.1, 0.15) is 12.0 Å². The highest BCUT2D eigenvalue weighted by Crippen LogP contribution is 2.26. The molecule has 1 saturated heterocycles. The molecule has 2 atom stereocenters. The smallest absolute Gasteiger partial charge is 0.208 e. The molecular weight excluding hydrogens is 234 g/mol. The first-order valence-corrected chi connectivity index (χ1v) is 5.74. The number of β-amino-alcohol motifs (C(OH)–C–C–N with tert-alkyl or cyclic N) is 1. The predicted octanol–water partition coefficient (Wildman–Crippen LogP) is -0.651. The largest absolute Gasteiger partial charge is 0.396 e. The summed E-state index contributed by atoms with van der Waals surface area (Å²) < 4.78 is 0. The number of amides is 1. The molecule has 7 heteroatoms. The molecule has 1 aliphatic heterocycles. The van der Waals surface area contributed by atoms with E-state index < -0.39 is 6.10 Å². The van der Waals surface area contributed by atoms with E-state index in [1.165, 1.54) is 0 Å². The number of aromatic nitrogens is 1. The molecule has 1 fully saturated rings. The van der Waals surface area contributed by atoms with Gasteiger partial charge in [-0.15, -0.1) is 0 Å². The maximum Gasteiger partial charge on any atom is 0.208 e. The second-order valence-electron chi connectivity index (χ2n) is 4.20. The first-order valence-electron chi connectivity index (χ1n) is 5.74. The van der Waals surface area contributed by atoms with E-state index in [-0.39, 0.29) is 6.17 Å². The molecule has 1 amide bonds. The molecule has 98 valence electrons. The number of carbonyl (C=O) groups excluding carboxylic acids is 1. The number of carbonyl (C=O) groups is 1. The zero-order valence-electron chi connectivity index (χ0n) is 10.1. The SMILES string of the molecule is CNc1nc(N2CC(O)CC2NC=O)ccc1N. The van der Waals surface area contributed by atoms with Crippen molar-refractivity contribution in [3.05, 3.63) is 12.1 Å². The number of anilines is 3. The number of hydrogen-bond donors (Lipinski definition) is 4. The van der Waals surface area contributed by atoms with Crippen molar-refractivity contribution in [2.45, 2.75) is 18.7 Å². The van der Waals surface area contributed by atoms with Gasteiger partial charge in [-0.1, -0.05) is 0 Å². The summed E-state index contributed by atoms with van der Waals surface area (Å²) in [6.45, 7) is 0.436. The van der Waals surface area contributed by atoms with Crippen molar-refractivity contribution in [2.24, 2.45) is 0 Å². The topological polar surface area (TPSA) is 104 Å². The zero-order valence-corrected chi connectivity index (χ0v) is 10.1. The van der Waals surface area contributed by atoms with Crippen molar-refractivity contribution in [2.75, 3.05) is 29.5 Å². The van der Waals surface area contributed by atoms with Crippen molar-refractivity contribution in [1.29, 1.82) is 0 Å². The third kappa shape index (κ3) is 2.30. The van der Waals surface area contributed by atoms with E-state index in [0.29, 0.717) is 36.7 Å². The lowest BCUT2D eigenvalue weighted by Gasteiger charge is -2.25. The van der Waals surface area contributed by atoms with Crippen LogP contribution in [0.5, 0.6) is 0 Å². The van der Waals surface area contributed by atoms with Crippen molar-refractivity contribution in [3.8, 4) is 0 Å². The first-order chi connectivity index (χ1) is 8.65. The molecule has 2 rings (SSSR count). The van der Waals surface area contributed by atoms with Gasteiger partial charge in [0.05, 0.1) is 11.8 Å². The lowest BCUT2D eigenvalue weighted by atomic mass is 10.3. The van der Waals surface area contributed by atoms with Crippen LogP contribution in [-0.2, 0) is 4.79 Å². The molecule has 18 heavy (non-hydrogen) atoms. The Hall–Kier alpha value is -2.02. The molecule has 0 radical (unpaired) electrons. The number of aliphatic hydroxyl groups excluding tert-OH is 1. The number of nitrogens with zero attached hydrogens (tertiary/aromatic N) is 2. The van der Waals surface area contributed by atoms with Crippen molar-refractivity contribution in [3.63, 3.8) is 0 Å². The Labute approximate surface area is 105 Å². The van der Waals surface area contributed by atoms with Gasteiger partial charge in [0.2, 0.25) is 6.41 Å². The fourth-order valence-electron chi connectivity index (χ4n) is 2.12. The highest BCUT2D eigenvalue weighted by atomic mass is 16.3. The van der Waals surface area contributed by atoms with Gasteiger partial charge in [-0.2, -0.15) is 0 Å². The van der Waals surface area contributed by atoms with Gasteiger partial charge in [-0.05, 0) is 12.1 Å². The molecule has 2 unspecified atom stereocenters. The van der Waals surface area contributed by atoms with Crippen molar-refractivity contribution >= 4 is 23.7 Å². The van der Waals surface area contributed by atoms with Gasteiger partial charge < -0.3 is 26.4 Å². The molecule has 0 aromatic carbocycles. The number of rotatable bonds is 4. The van der Waals surface area contributed by atoms with Gasteiger partial charge in [-0.3, -0.25) is 4.79 Å². The van der Waals surface area contributed by atoms with Gasteiger partial charge >= 0.3 is 0 Å². The highest BCUT2D eigenvalue weighted by molar-refractivity contribution is 5.65. The molecular formula is C11H17N5O2. The summed E-state index contributed by atoms with van der Waals surface area (Å²) >= 11 is 0. The van der Waals surface area contributed by atoms with Crippen LogP contribution in [0.25, 0.3) is 0 Å². The van der Waals surface area contributed by atoms with E-state index in [9.17, 15) is 9.90 Å². The Balaban J connectivity index is 2.26. The van der Waals surface area contributed by atoms with Crippen LogP contribution in [0.4, 0.5) is 17.3 Å². The number of pyridine rings is 1. The summed E-state index contributed by atoms with van der Waals surface area (Å²) in [7, 11) is 1.74. The zero-order chi connectivity index (χ0) is 13.1. The summed E-state index contributed by atoms with van der Waals surface area (Å²) in [6.07, 6.45) is 0.407. The highest BCUT2D eigenvalue weighted by Gasteiger charge is 2.31. The number of nitrogens with one attached hydrogen (secondary N) is 2. The van der Waals surface area contributed by atoms with Gasteiger partial charge in [0.25, 0.3) is 0 Å². The van der Waals surface area contributed by atoms with Gasteiger partial charge in [0.15, 0.2) is 5.82 Å². The Morgan fingerprint density at radius 3 is 3.06 bits per heavy atom. The fraction of sp³-hybridized carbons (Fsp3) is 0.455. The summed E-state index contributed by atoms with van der Waals surface area (Å²) in [5.74, 6) is 1.25. The summed E-state index contributed by atoms with van der Waals surface area (Å²) in [5, 5.41) is 15.2. The fourth-order valence-corrected chi connectivity index (χ4v) is 2.12. The minimum absolute atomic E-state index is 0.238. The average molecular weight is 251 g/mol. The van der Waals surface area contributed by atoms with Crippen LogP contribution in [-0.4, -0.2) is 42.4 Å². The van der Waals surface area contributed by atoms with Gasteiger partial charge in [-0.25, -0.2) is 4.98 Å². The van der Waals surface area contributed by atoms with E-state index in [4.69, 9.17) is 5.73 Å². The number of nitrogens with two attached hydrogens (primary N) is 1. The lowest BCUT2D eigenvalue weighted by molar-refractivity contribution is -0.110. The van der Waals surface area contributed by atoms with Crippen molar-refractivity contribution in [1.82, 2.24) is 10.3 Å². The third-order valence-electron chi connectivity index (χ3n) is 2.98. The molecule has 0 spiro atoms. The van der Waals surface area contributed by atoms with Crippen LogP contribution in [0.2, 0.25) is 0 Å². The molecule has 0 bridgehead atoms. The molecule has 0 aliphatic carbocycles. The maximum absolute atomic E-state index is 10.5. The van der Waals surface area contributed by atoms with Crippen LogP contribution < -0.4 is 21.3 Å². The van der Waals surface area contributed by atoms with Gasteiger partial charge in [0, 0.05) is 20.0 Å². The van der Waals surface area contributed by atoms with Crippen LogP contribution in [0.3, 0.4) is 0 Å². The molecule has 1 aromatic rings. The summed E-state index contributed by atoms with van der Waals surface area (Å²) in [6, 6.07) is 3.52. The predicted molar refractivity (Wildman–Crippen MR) is 69.2 cm³/mol. The minimum Gasteiger partial charge on any atom is -0.396 e. The summed E-state index contributed by atoms with van der Waals surface area (Å²) in [4.78, 5) is 16.8. The van der Waals surface area contributed by atoms with E-state index in [2.05, 4.69) is 15.6 Å². The van der Waals surface area contributed by atoms with Crippen LogP contribution in [0.15, 0.2) is 12.1 Å². The number of hydrogen-bond acceptors (Lipinski definition) is 6. The van der Waals surface area contributed by atoms with Crippen LogP contribution >= 0.6 is 0 Å². The monoisotopic (exact) mass is 251 g/mol. The van der Waals surface area contributed by atoms with E-state index in [1.54, 1.807) is 19.2 Å². The maximum atomic E-state index is 10.5. The molecule has 1 aromatic heterocycles. The Kier molecular flexibility index (Phi) is 3.52. The molecule has 0 saturated carbocycles. The Morgan fingerprint density at radius 1 is 1.61 bits per heavy atom. The van der Waals surface area contributed by atoms with E-state index >= 15 is 0 Å². The molecule has 7 nitrogen and oxygen atoms in total. The number of aliphatic hydroxyl groups is 1. The van der Waals surface area contributed by atoms with Crippen molar-refractivity contribution < 1.29 is 9.90 Å². The summed E-state index contributed by atoms with van der Waals surface area (Å²) in [5.41, 5.74) is 6.31. The number of nitrogen functional groups attached to an aromatic ring is 1. The Morgan fingerprint density at radius 2 is 2.39 bits per heavy atom. The van der Waals surface area contributed by atoms with E-state index in [0.717, 1.165) is 0 Å². The molecule has 1 aliphatic rings. The Bertz CT molecular complexity index is 439. The van der Waals surface area contributed by atoms with Crippen LogP contribution in [0.1, 0.15) is 6.42 Å².